The third-order valence-electron chi connectivity index (χ3n) is 3.37. The number of phosphoric ester groups is 1. The summed E-state index contributed by atoms with van der Waals surface area (Å²) in [4.78, 5) is 17.6. The molecule has 1 fully saturated rings. The second-order valence-corrected chi connectivity index (χ2v) is 6.39. The zero-order valence-electron chi connectivity index (χ0n) is 12.4. The van der Waals surface area contributed by atoms with Crippen molar-refractivity contribution in [2.75, 3.05) is 13.2 Å². The second kappa shape index (κ2) is 9.27. The minimum Gasteiger partial charge on any atom is -0.394 e. The summed E-state index contributed by atoms with van der Waals surface area (Å²) in [5.74, 6) is 0. The summed E-state index contributed by atoms with van der Waals surface area (Å²) >= 11 is 0. The number of rotatable bonds is 9. The van der Waals surface area contributed by atoms with Crippen LogP contribution in [0.25, 0.3) is 0 Å². The number of aliphatic hydroxyl groups excluding tert-OH is 3. The van der Waals surface area contributed by atoms with Crippen molar-refractivity contribution in [1.82, 2.24) is 0 Å². The maximum atomic E-state index is 10.9. The van der Waals surface area contributed by atoms with Gasteiger partial charge in [-0.3, -0.25) is 4.52 Å². The molecule has 0 aromatic rings. The van der Waals surface area contributed by atoms with Gasteiger partial charge in [0, 0.05) is 6.61 Å². The first kappa shape index (κ1) is 20.0. The van der Waals surface area contributed by atoms with Crippen LogP contribution in [0, 0.1) is 0 Å². The minimum absolute atomic E-state index is 0.263. The lowest BCUT2D eigenvalue weighted by atomic mass is 9.99. The molecule has 1 saturated heterocycles. The Kier molecular flexibility index (Phi) is 8.40. The van der Waals surface area contributed by atoms with Gasteiger partial charge in [0.1, 0.15) is 24.4 Å². The Morgan fingerprint density at radius 3 is 2.36 bits per heavy atom. The van der Waals surface area contributed by atoms with Crippen LogP contribution in [-0.4, -0.2) is 69.0 Å². The molecular formula is C12H25O9P. The molecule has 0 unspecified atom stereocenters. The van der Waals surface area contributed by atoms with E-state index in [-0.39, 0.29) is 6.61 Å². The maximum Gasteiger partial charge on any atom is 0.472 e. The first-order valence-corrected chi connectivity index (χ1v) is 8.81. The Hall–Kier alpha value is -0.0900. The van der Waals surface area contributed by atoms with Crippen molar-refractivity contribution in [1.29, 1.82) is 0 Å². The normalized spacial score (nSPS) is 33.1. The van der Waals surface area contributed by atoms with E-state index in [2.05, 4.69) is 11.4 Å². The van der Waals surface area contributed by atoms with Crippen molar-refractivity contribution < 1.29 is 43.7 Å². The van der Waals surface area contributed by atoms with Crippen molar-refractivity contribution in [3.63, 3.8) is 0 Å². The van der Waals surface area contributed by atoms with Gasteiger partial charge in [-0.2, -0.15) is 0 Å². The van der Waals surface area contributed by atoms with Crippen LogP contribution >= 0.6 is 7.82 Å². The highest BCUT2D eigenvalue weighted by Gasteiger charge is 2.47. The van der Waals surface area contributed by atoms with Crippen molar-refractivity contribution >= 4 is 7.82 Å². The van der Waals surface area contributed by atoms with Gasteiger partial charge in [0.05, 0.1) is 6.61 Å². The molecule has 0 aliphatic carbocycles. The Labute approximate surface area is 129 Å². The van der Waals surface area contributed by atoms with Crippen LogP contribution in [0.1, 0.15) is 32.6 Å². The molecule has 10 heteroatoms. The molecule has 0 radical (unpaired) electrons. The van der Waals surface area contributed by atoms with E-state index < -0.39 is 45.1 Å². The summed E-state index contributed by atoms with van der Waals surface area (Å²) in [7, 11) is -4.90. The van der Waals surface area contributed by atoms with Crippen molar-refractivity contribution in [3.05, 3.63) is 0 Å². The van der Waals surface area contributed by atoms with Gasteiger partial charge in [0.2, 0.25) is 0 Å². The van der Waals surface area contributed by atoms with Gasteiger partial charge in [0.15, 0.2) is 6.29 Å². The molecule has 0 aromatic heterocycles. The molecule has 5 atom stereocenters. The molecule has 0 saturated carbocycles. The van der Waals surface area contributed by atoms with Crippen LogP contribution in [0.5, 0.6) is 0 Å². The second-order valence-electron chi connectivity index (χ2n) is 5.20. The fourth-order valence-corrected chi connectivity index (χ4v) is 2.67. The van der Waals surface area contributed by atoms with E-state index in [4.69, 9.17) is 24.4 Å². The van der Waals surface area contributed by atoms with E-state index in [1.807, 2.05) is 0 Å². The van der Waals surface area contributed by atoms with Gasteiger partial charge >= 0.3 is 7.82 Å². The quantitative estimate of drug-likeness (QED) is 0.276. The van der Waals surface area contributed by atoms with Gasteiger partial charge in [-0.1, -0.05) is 26.2 Å². The maximum absolute atomic E-state index is 10.9. The molecule has 132 valence electrons. The first-order chi connectivity index (χ1) is 10.3. The van der Waals surface area contributed by atoms with Crippen LogP contribution in [0.15, 0.2) is 0 Å². The lowest BCUT2D eigenvalue weighted by molar-refractivity contribution is -0.288. The van der Waals surface area contributed by atoms with E-state index in [9.17, 15) is 14.8 Å². The lowest BCUT2D eigenvalue weighted by Gasteiger charge is -2.41. The van der Waals surface area contributed by atoms with Crippen molar-refractivity contribution in [2.45, 2.75) is 63.3 Å². The largest absolute Gasteiger partial charge is 0.472 e. The summed E-state index contributed by atoms with van der Waals surface area (Å²) in [5, 5.41) is 29.2. The zero-order valence-corrected chi connectivity index (χ0v) is 13.3. The molecule has 1 rings (SSSR count). The topological polar surface area (TPSA) is 146 Å². The van der Waals surface area contributed by atoms with Crippen LogP contribution in [0.2, 0.25) is 0 Å². The van der Waals surface area contributed by atoms with E-state index in [0.29, 0.717) is 0 Å². The van der Waals surface area contributed by atoms with Crippen LogP contribution < -0.4 is 0 Å². The van der Waals surface area contributed by atoms with E-state index in [0.717, 1.165) is 25.7 Å². The average molecular weight is 344 g/mol. The van der Waals surface area contributed by atoms with Crippen molar-refractivity contribution in [3.8, 4) is 0 Å². The van der Waals surface area contributed by atoms with Gasteiger partial charge in [-0.25, -0.2) is 4.57 Å². The minimum atomic E-state index is -4.90. The molecule has 1 aliphatic heterocycles. The molecule has 0 aromatic carbocycles. The molecular weight excluding hydrogens is 319 g/mol. The Morgan fingerprint density at radius 2 is 1.82 bits per heavy atom. The van der Waals surface area contributed by atoms with Gasteiger partial charge in [-0.05, 0) is 6.42 Å². The lowest BCUT2D eigenvalue weighted by Crippen LogP contribution is -2.59. The van der Waals surface area contributed by atoms with E-state index in [1.165, 1.54) is 0 Å². The number of hydrogen-bond acceptors (Lipinski definition) is 7. The first-order valence-electron chi connectivity index (χ1n) is 7.28. The molecule has 1 aliphatic rings. The van der Waals surface area contributed by atoms with Gasteiger partial charge in [0.25, 0.3) is 0 Å². The molecule has 0 bridgehead atoms. The molecule has 0 spiro atoms. The molecule has 5 N–H and O–H groups in total. The van der Waals surface area contributed by atoms with Crippen LogP contribution in [-0.2, 0) is 18.6 Å². The smallest absolute Gasteiger partial charge is 0.394 e. The van der Waals surface area contributed by atoms with Crippen molar-refractivity contribution in [2.24, 2.45) is 0 Å². The van der Waals surface area contributed by atoms with Gasteiger partial charge in [-0.15, -0.1) is 0 Å². The predicted molar refractivity (Wildman–Crippen MR) is 74.8 cm³/mol. The summed E-state index contributed by atoms with van der Waals surface area (Å²) in [6.07, 6.45) is -3.21. The highest BCUT2D eigenvalue weighted by atomic mass is 31.2. The zero-order chi connectivity index (χ0) is 16.8. The number of phosphoric acid groups is 1. The summed E-state index contributed by atoms with van der Waals surface area (Å²) in [6, 6.07) is 0. The third kappa shape index (κ3) is 6.19. The van der Waals surface area contributed by atoms with Gasteiger partial charge < -0.3 is 34.6 Å². The molecule has 0 amide bonds. The van der Waals surface area contributed by atoms with Crippen LogP contribution in [0.4, 0.5) is 0 Å². The Morgan fingerprint density at radius 1 is 1.14 bits per heavy atom. The highest BCUT2D eigenvalue weighted by molar-refractivity contribution is 7.46. The molecule has 22 heavy (non-hydrogen) atoms. The fourth-order valence-electron chi connectivity index (χ4n) is 2.22. The summed E-state index contributed by atoms with van der Waals surface area (Å²) in [5.41, 5.74) is 0. The van der Waals surface area contributed by atoms with Crippen LogP contribution in [0.3, 0.4) is 0 Å². The monoisotopic (exact) mass is 344 g/mol. The third-order valence-corrected chi connectivity index (χ3v) is 3.85. The van der Waals surface area contributed by atoms with E-state index >= 15 is 0 Å². The number of hydrogen-bond donors (Lipinski definition) is 5. The number of unbranched alkanes of at least 4 members (excludes halogenated alkanes) is 3. The Balaban J connectivity index is 2.63. The molecule has 9 nitrogen and oxygen atoms in total. The number of ether oxygens (including phenoxy) is 2. The van der Waals surface area contributed by atoms with E-state index in [1.54, 1.807) is 0 Å². The highest BCUT2D eigenvalue weighted by Crippen LogP contribution is 2.40. The SMILES string of the molecule is CCCCCCO[C@@H]1[C@@H](O)[C@@H](OP(=O)(O)O)O[C@H](CO)[C@H]1O. The molecule has 1 heterocycles. The summed E-state index contributed by atoms with van der Waals surface area (Å²) in [6.45, 7) is 1.72. The standard InChI is InChI=1S/C12H25O9P/c1-2-3-4-5-6-19-11-9(14)8(7-13)20-12(10(11)15)21-22(16,17)18/h8-15H,2-7H2,1H3,(H2,16,17,18)/t8-,9-,10-,11+,12-/m1/s1. The predicted octanol–water partition coefficient (Wildman–Crippen LogP) is -0.500. The average Bonchev–Trinajstić information content (AvgIpc) is 2.43. The Bertz CT molecular complexity index is 361. The number of aliphatic hydroxyl groups is 3. The fraction of sp³-hybridized carbons (Fsp3) is 1.00. The summed E-state index contributed by atoms with van der Waals surface area (Å²) < 4.78 is 25.6.